The van der Waals surface area contributed by atoms with Gasteiger partial charge in [0.25, 0.3) is 0 Å². The number of unbranched alkanes of at least 4 members (excludes halogenated alkanes) is 23. The van der Waals surface area contributed by atoms with E-state index in [1.54, 1.807) is 0 Å². The molecule has 0 aromatic heterocycles. The zero-order valence-electron chi connectivity index (χ0n) is 29.4. The number of allylic oxidation sites excluding steroid dienone is 4. The first-order valence-electron chi connectivity index (χ1n) is 19.6. The van der Waals surface area contributed by atoms with E-state index in [0.717, 1.165) is 13.1 Å². The summed E-state index contributed by atoms with van der Waals surface area (Å²) in [6.07, 6.45) is 47.6. The molecule has 1 aliphatic heterocycles. The maximum Gasteiger partial charge on any atom is 0.247 e. The van der Waals surface area contributed by atoms with Crippen LogP contribution in [0.15, 0.2) is 24.3 Å². The summed E-state index contributed by atoms with van der Waals surface area (Å²) in [6.45, 7) is 8.69. The summed E-state index contributed by atoms with van der Waals surface area (Å²) >= 11 is 0. The lowest BCUT2D eigenvalue weighted by Gasteiger charge is -2.15. The molecular formula is C40H76N2O. The Hall–Kier alpha value is -1.09. The van der Waals surface area contributed by atoms with Crippen LogP contribution in [0.1, 0.15) is 194 Å². The fourth-order valence-corrected chi connectivity index (χ4v) is 6.51. The van der Waals surface area contributed by atoms with Gasteiger partial charge in [0, 0.05) is 6.42 Å². The fraction of sp³-hybridized carbons (Fsp3) is 0.875. The third kappa shape index (κ3) is 24.9. The van der Waals surface area contributed by atoms with Gasteiger partial charge in [-0.05, 0) is 70.6 Å². The second-order valence-electron chi connectivity index (χ2n) is 13.4. The van der Waals surface area contributed by atoms with Gasteiger partial charge in [-0.15, -0.1) is 6.61 Å². The van der Waals surface area contributed by atoms with Crippen LogP contribution < -0.4 is 5.11 Å². The summed E-state index contributed by atoms with van der Waals surface area (Å²) in [5.41, 5.74) is 0. The zero-order valence-corrected chi connectivity index (χ0v) is 29.4. The smallest absolute Gasteiger partial charge is 0.247 e. The van der Waals surface area contributed by atoms with Gasteiger partial charge in [0.2, 0.25) is 5.84 Å². The second-order valence-corrected chi connectivity index (χ2v) is 13.4. The number of hydrogen-bond acceptors (Lipinski definition) is 2. The van der Waals surface area contributed by atoms with Crippen molar-refractivity contribution in [3.63, 3.8) is 0 Å². The molecule has 0 saturated heterocycles. The number of hydrogen-bond donors (Lipinski definition) is 0. The van der Waals surface area contributed by atoms with Crippen molar-refractivity contribution in [3.05, 3.63) is 24.3 Å². The Bertz CT molecular complexity index is 667. The van der Waals surface area contributed by atoms with Crippen LogP contribution >= 0.6 is 0 Å². The van der Waals surface area contributed by atoms with Crippen LogP contribution in [0.5, 0.6) is 0 Å². The van der Waals surface area contributed by atoms with E-state index in [0.29, 0.717) is 6.54 Å². The Morgan fingerprint density at radius 3 is 1.37 bits per heavy atom. The van der Waals surface area contributed by atoms with E-state index in [9.17, 15) is 5.11 Å². The Balaban J connectivity index is 2.05. The first-order valence-corrected chi connectivity index (χ1v) is 19.6. The van der Waals surface area contributed by atoms with Crippen molar-refractivity contribution in [2.45, 2.75) is 194 Å². The molecule has 0 N–H and O–H groups in total. The van der Waals surface area contributed by atoms with E-state index >= 15 is 0 Å². The van der Waals surface area contributed by atoms with Crippen molar-refractivity contribution in [1.29, 1.82) is 0 Å². The second kappa shape index (κ2) is 32.3. The highest BCUT2D eigenvalue weighted by molar-refractivity contribution is 5.78. The molecule has 0 aliphatic carbocycles. The van der Waals surface area contributed by atoms with Crippen LogP contribution in [-0.4, -0.2) is 48.1 Å². The highest BCUT2D eigenvalue weighted by Gasteiger charge is 2.28. The van der Waals surface area contributed by atoms with Gasteiger partial charge in [0.15, 0.2) is 0 Å². The lowest BCUT2D eigenvalue weighted by Crippen LogP contribution is -2.35. The molecule has 3 nitrogen and oxygen atoms in total. The molecule has 0 saturated carbocycles. The molecule has 3 heteroatoms. The normalized spacial score (nSPS) is 14.0. The molecule has 0 bridgehead atoms. The number of amidine groups is 1. The van der Waals surface area contributed by atoms with Crippen LogP contribution in [-0.2, 0) is 0 Å². The SMILES string of the molecule is CCCCCCCC/C=C\CCCCCCCC[N+]1=C(CCCCCCC/C=C\CCCCCCCC)N(CC[O-])CC1. The molecule has 252 valence electrons. The summed E-state index contributed by atoms with van der Waals surface area (Å²) in [5.74, 6) is 1.49. The predicted molar refractivity (Wildman–Crippen MR) is 190 cm³/mol. The molecular weight excluding hydrogens is 524 g/mol. The largest absolute Gasteiger partial charge is 0.852 e. The molecule has 0 aromatic rings. The third-order valence-corrected chi connectivity index (χ3v) is 9.33. The number of nitrogens with zero attached hydrogens (tertiary/aromatic N) is 2. The van der Waals surface area contributed by atoms with Crippen molar-refractivity contribution in [1.82, 2.24) is 4.90 Å². The van der Waals surface area contributed by atoms with Crippen molar-refractivity contribution < 1.29 is 9.68 Å². The highest BCUT2D eigenvalue weighted by atomic mass is 16.3. The van der Waals surface area contributed by atoms with Crippen molar-refractivity contribution in [2.75, 3.05) is 32.8 Å². The van der Waals surface area contributed by atoms with Gasteiger partial charge in [-0.25, -0.2) is 0 Å². The third-order valence-electron chi connectivity index (χ3n) is 9.33. The minimum atomic E-state index is 0.0257. The molecule has 0 fully saturated rings. The zero-order chi connectivity index (χ0) is 30.9. The maximum absolute atomic E-state index is 11.4. The average molecular weight is 601 g/mol. The Labute approximate surface area is 270 Å². The molecule has 1 heterocycles. The Morgan fingerprint density at radius 1 is 0.535 bits per heavy atom. The van der Waals surface area contributed by atoms with Crippen LogP contribution in [0.3, 0.4) is 0 Å². The molecule has 0 atom stereocenters. The molecule has 0 amide bonds. The average Bonchev–Trinajstić information content (AvgIpc) is 3.39. The topological polar surface area (TPSA) is 29.3 Å². The molecule has 43 heavy (non-hydrogen) atoms. The highest BCUT2D eigenvalue weighted by Crippen LogP contribution is 2.15. The molecule has 1 rings (SSSR count). The van der Waals surface area contributed by atoms with Gasteiger partial charge < -0.3 is 5.11 Å². The quantitative estimate of drug-likeness (QED) is 0.0426. The summed E-state index contributed by atoms with van der Waals surface area (Å²) < 4.78 is 2.62. The summed E-state index contributed by atoms with van der Waals surface area (Å²) in [7, 11) is 0. The Kier molecular flexibility index (Phi) is 30.0. The molecule has 0 aromatic carbocycles. The standard InChI is InChI=1S/C40H76N2O/c1-3-5-7-9-11-13-15-17-19-21-23-25-27-29-31-33-35-41-36-37-42(38-39-43)40(41)34-32-30-28-26-24-22-20-18-16-14-12-10-8-6-4-2/h17-20H,3-16,21-39H2,1-2H3/b19-17-,20-18-. The monoisotopic (exact) mass is 601 g/mol. The van der Waals surface area contributed by atoms with Gasteiger partial charge in [0.1, 0.15) is 13.1 Å². The first kappa shape index (κ1) is 39.9. The van der Waals surface area contributed by atoms with Crippen molar-refractivity contribution in [3.8, 4) is 0 Å². The minimum absolute atomic E-state index is 0.0257. The molecule has 0 unspecified atom stereocenters. The first-order chi connectivity index (χ1) is 21.3. The van der Waals surface area contributed by atoms with E-state index < -0.39 is 0 Å². The van der Waals surface area contributed by atoms with Crippen molar-refractivity contribution >= 4 is 5.84 Å². The lowest BCUT2D eigenvalue weighted by atomic mass is 10.1. The van der Waals surface area contributed by atoms with Gasteiger partial charge in [0.05, 0.1) is 13.1 Å². The van der Waals surface area contributed by atoms with Crippen LogP contribution in [0.4, 0.5) is 0 Å². The molecule has 0 radical (unpaired) electrons. The van der Waals surface area contributed by atoms with Gasteiger partial charge in [-0.3, -0.25) is 9.48 Å². The Morgan fingerprint density at radius 2 is 0.930 bits per heavy atom. The van der Waals surface area contributed by atoms with Gasteiger partial charge in [-0.1, -0.05) is 141 Å². The minimum Gasteiger partial charge on any atom is -0.852 e. The lowest BCUT2D eigenvalue weighted by molar-refractivity contribution is -0.519. The maximum atomic E-state index is 11.4. The summed E-state index contributed by atoms with van der Waals surface area (Å²) in [5, 5.41) is 11.4. The predicted octanol–water partition coefficient (Wildman–Crippen LogP) is 11.1. The van der Waals surface area contributed by atoms with Gasteiger partial charge in [-0.2, -0.15) is 0 Å². The fourth-order valence-electron chi connectivity index (χ4n) is 6.51. The van der Waals surface area contributed by atoms with Gasteiger partial charge >= 0.3 is 0 Å². The molecule has 0 spiro atoms. The van der Waals surface area contributed by atoms with E-state index in [2.05, 4.69) is 47.6 Å². The van der Waals surface area contributed by atoms with Crippen LogP contribution in [0, 0.1) is 0 Å². The summed E-state index contributed by atoms with van der Waals surface area (Å²) in [6, 6.07) is 0. The van der Waals surface area contributed by atoms with E-state index in [1.807, 2.05) is 0 Å². The van der Waals surface area contributed by atoms with Crippen LogP contribution in [0.25, 0.3) is 0 Å². The van der Waals surface area contributed by atoms with E-state index in [4.69, 9.17) is 0 Å². The summed E-state index contributed by atoms with van der Waals surface area (Å²) in [4.78, 5) is 2.40. The van der Waals surface area contributed by atoms with Crippen molar-refractivity contribution in [2.24, 2.45) is 0 Å². The van der Waals surface area contributed by atoms with Crippen LogP contribution in [0.2, 0.25) is 0 Å². The van der Waals surface area contributed by atoms with E-state index in [-0.39, 0.29) is 6.61 Å². The number of rotatable bonds is 33. The van der Waals surface area contributed by atoms with E-state index in [1.165, 1.54) is 192 Å². The molecule has 1 aliphatic rings.